The summed E-state index contributed by atoms with van der Waals surface area (Å²) in [5, 5.41) is 0. The summed E-state index contributed by atoms with van der Waals surface area (Å²) in [6.45, 7) is 6.62. The Kier molecular flexibility index (Phi) is 7.02. The number of benzene rings is 1. The van der Waals surface area contributed by atoms with Crippen molar-refractivity contribution >= 4 is 16.5 Å². The van der Waals surface area contributed by atoms with Gasteiger partial charge in [-0.1, -0.05) is 32.8 Å². The van der Waals surface area contributed by atoms with Crippen molar-refractivity contribution in [3.8, 4) is 0 Å². The van der Waals surface area contributed by atoms with E-state index in [0.717, 1.165) is 18.0 Å². The predicted octanol–water partition coefficient (Wildman–Crippen LogP) is 3.83. The first-order valence-electron chi connectivity index (χ1n) is 6.87. The van der Waals surface area contributed by atoms with Crippen molar-refractivity contribution in [2.45, 2.75) is 44.4 Å². The molecule has 3 heteroatoms. The van der Waals surface area contributed by atoms with Crippen LogP contribution >= 0.6 is 0 Å². The Morgan fingerprint density at radius 3 is 2.22 bits per heavy atom. The van der Waals surface area contributed by atoms with Gasteiger partial charge in [-0.05, 0) is 31.0 Å². The molecular weight excluding hydrogens is 242 g/mol. The molecule has 0 aliphatic rings. The van der Waals surface area contributed by atoms with Crippen molar-refractivity contribution in [3.05, 3.63) is 24.3 Å². The van der Waals surface area contributed by atoms with E-state index in [-0.39, 0.29) is 0 Å². The number of hydrogen-bond acceptors (Lipinski definition) is 2. The minimum Gasteiger partial charge on any atom is -0.372 e. The van der Waals surface area contributed by atoms with Crippen molar-refractivity contribution < 1.29 is 4.21 Å². The zero-order chi connectivity index (χ0) is 13.4. The molecule has 1 rings (SSSR count). The molecule has 1 aromatic carbocycles. The Labute approximate surface area is 114 Å². The molecule has 0 aromatic heterocycles. The van der Waals surface area contributed by atoms with Crippen LogP contribution in [0.4, 0.5) is 5.69 Å². The molecule has 0 aliphatic carbocycles. The van der Waals surface area contributed by atoms with Gasteiger partial charge in [0, 0.05) is 40.7 Å². The van der Waals surface area contributed by atoms with Gasteiger partial charge < -0.3 is 4.90 Å². The van der Waals surface area contributed by atoms with E-state index in [0.29, 0.717) is 0 Å². The summed E-state index contributed by atoms with van der Waals surface area (Å²) in [5.74, 6) is 0. The van der Waals surface area contributed by atoms with Crippen molar-refractivity contribution in [1.82, 2.24) is 0 Å². The average molecular weight is 267 g/mol. The van der Waals surface area contributed by atoms with Crippen LogP contribution < -0.4 is 4.90 Å². The largest absolute Gasteiger partial charge is 0.372 e. The number of nitrogens with zero attached hydrogens (tertiary/aromatic N) is 1. The van der Waals surface area contributed by atoms with E-state index in [4.69, 9.17) is 0 Å². The summed E-state index contributed by atoms with van der Waals surface area (Å²) in [4.78, 5) is 3.34. The molecule has 0 fully saturated rings. The third-order valence-corrected chi connectivity index (χ3v) is 4.00. The second kappa shape index (κ2) is 8.30. The number of unbranched alkanes of at least 4 members (excludes halogenated alkanes) is 2. The van der Waals surface area contributed by atoms with Gasteiger partial charge in [-0.2, -0.15) is 0 Å². The monoisotopic (exact) mass is 267 g/mol. The molecule has 0 saturated carbocycles. The summed E-state index contributed by atoms with van der Waals surface area (Å²) in [6, 6.07) is 8.15. The van der Waals surface area contributed by atoms with E-state index in [9.17, 15) is 4.21 Å². The number of rotatable bonds is 8. The van der Waals surface area contributed by atoms with Gasteiger partial charge in [-0.3, -0.25) is 4.21 Å². The lowest BCUT2D eigenvalue weighted by molar-refractivity contribution is 0.676. The van der Waals surface area contributed by atoms with E-state index >= 15 is 0 Å². The Bertz CT molecular complexity index is 371. The molecule has 0 saturated heterocycles. The highest BCUT2D eigenvalue weighted by Gasteiger charge is 2.07. The van der Waals surface area contributed by atoms with Gasteiger partial charge in [0.1, 0.15) is 0 Å². The SMILES string of the molecule is CCCCN(CCCC)c1cccc(S(C)=O)c1. The normalized spacial score (nSPS) is 12.4. The fourth-order valence-electron chi connectivity index (χ4n) is 1.93. The van der Waals surface area contributed by atoms with Crippen LogP contribution in [-0.2, 0) is 10.8 Å². The predicted molar refractivity (Wildman–Crippen MR) is 80.8 cm³/mol. The quantitative estimate of drug-likeness (QED) is 0.713. The number of anilines is 1. The first-order chi connectivity index (χ1) is 8.69. The first-order valence-corrected chi connectivity index (χ1v) is 8.43. The van der Waals surface area contributed by atoms with Crippen molar-refractivity contribution in [2.24, 2.45) is 0 Å². The molecule has 0 amide bonds. The molecule has 0 aliphatic heterocycles. The molecule has 0 radical (unpaired) electrons. The third kappa shape index (κ3) is 4.81. The molecule has 0 N–H and O–H groups in total. The lowest BCUT2D eigenvalue weighted by atomic mass is 10.2. The molecule has 18 heavy (non-hydrogen) atoms. The Morgan fingerprint density at radius 2 is 1.72 bits per heavy atom. The van der Waals surface area contributed by atoms with Gasteiger partial charge in [-0.15, -0.1) is 0 Å². The van der Waals surface area contributed by atoms with E-state index < -0.39 is 10.8 Å². The Morgan fingerprint density at radius 1 is 1.11 bits per heavy atom. The lowest BCUT2D eigenvalue weighted by Gasteiger charge is -2.25. The van der Waals surface area contributed by atoms with Crippen LogP contribution in [0.2, 0.25) is 0 Å². The number of hydrogen-bond donors (Lipinski definition) is 0. The minimum absolute atomic E-state index is 0.894. The summed E-state index contributed by atoms with van der Waals surface area (Å²) >= 11 is 0. The molecule has 1 atom stereocenters. The van der Waals surface area contributed by atoms with E-state index in [1.165, 1.54) is 31.4 Å². The second-order valence-electron chi connectivity index (χ2n) is 4.65. The van der Waals surface area contributed by atoms with Crippen LogP contribution in [0.5, 0.6) is 0 Å². The summed E-state index contributed by atoms with van der Waals surface area (Å²) in [7, 11) is -0.894. The van der Waals surface area contributed by atoms with Crippen LogP contribution in [0, 0.1) is 0 Å². The molecule has 1 unspecified atom stereocenters. The lowest BCUT2D eigenvalue weighted by Crippen LogP contribution is -2.25. The van der Waals surface area contributed by atoms with E-state index in [1.54, 1.807) is 6.26 Å². The highest BCUT2D eigenvalue weighted by Crippen LogP contribution is 2.19. The van der Waals surface area contributed by atoms with Crippen LogP contribution in [-0.4, -0.2) is 23.6 Å². The Balaban J connectivity index is 2.82. The van der Waals surface area contributed by atoms with Gasteiger partial charge in [0.25, 0.3) is 0 Å². The fraction of sp³-hybridized carbons (Fsp3) is 0.600. The zero-order valence-electron chi connectivity index (χ0n) is 11.8. The maximum atomic E-state index is 11.5. The molecule has 102 valence electrons. The standard InChI is InChI=1S/C15H25NOS/c1-4-6-11-16(12-7-5-2)14-9-8-10-15(13-14)18(3)17/h8-10,13H,4-7,11-12H2,1-3H3. The summed E-state index contributed by atoms with van der Waals surface area (Å²) in [5.41, 5.74) is 1.21. The smallest absolute Gasteiger partial charge is 0.0498 e. The van der Waals surface area contributed by atoms with Crippen molar-refractivity contribution in [1.29, 1.82) is 0 Å². The molecule has 2 nitrogen and oxygen atoms in total. The van der Waals surface area contributed by atoms with Crippen LogP contribution in [0.1, 0.15) is 39.5 Å². The summed E-state index contributed by atoms with van der Waals surface area (Å²) < 4.78 is 11.5. The maximum absolute atomic E-state index is 11.5. The Hall–Kier alpha value is -0.830. The van der Waals surface area contributed by atoms with Crippen LogP contribution in [0.25, 0.3) is 0 Å². The molecule has 0 heterocycles. The van der Waals surface area contributed by atoms with Gasteiger partial charge in [-0.25, -0.2) is 0 Å². The van der Waals surface area contributed by atoms with Gasteiger partial charge in [0.05, 0.1) is 0 Å². The highest BCUT2D eigenvalue weighted by molar-refractivity contribution is 7.84. The van der Waals surface area contributed by atoms with Crippen molar-refractivity contribution in [3.63, 3.8) is 0 Å². The molecule has 0 spiro atoms. The average Bonchev–Trinajstić information content (AvgIpc) is 2.39. The maximum Gasteiger partial charge on any atom is 0.0498 e. The first kappa shape index (κ1) is 15.2. The molecule has 0 bridgehead atoms. The minimum atomic E-state index is -0.894. The molecular formula is C15H25NOS. The fourth-order valence-corrected chi connectivity index (χ4v) is 2.48. The third-order valence-electron chi connectivity index (χ3n) is 3.08. The topological polar surface area (TPSA) is 20.3 Å². The van der Waals surface area contributed by atoms with Crippen LogP contribution in [0.15, 0.2) is 29.2 Å². The van der Waals surface area contributed by atoms with Gasteiger partial charge in [0.15, 0.2) is 0 Å². The van der Waals surface area contributed by atoms with Crippen molar-refractivity contribution in [2.75, 3.05) is 24.2 Å². The van der Waals surface area contributed by atoms with E-state index in [2.05, 4.69) is 30.9 Å². The van der Waals surface area contributed by atoms with Crippen LogP contribution in [0.3, 0.4) is 0 Å². The van der Waals surface area contributed by atoms with Gasteiger partial charge in [0.2, 0.25) is 0 Å². The molecule has 1 aromatic rings. The van der Waals surface area contributed by atoms with Gasteiger partial charge >= 0.3 is 0 Å². The zero-order valence-corrected chi connectivity index (χ0v) is 12.6. The second-order valence-corrected chi connectivity index (χ2v) is 6.03. The van der Waals surface area contributed by atoms with E-state index in [1.807, 2.05) is 12.1 Å². The summed E-state index contributed by atoms with van der Waals surface area (Å²) in [6.07, 6.45) is 6.58. The highest BCUT2D eigenvalue weighted by atomic mass is 32.2.